The molecule has 0 aliphatic heterocycles. The number of hydrogen-bond acceptors (Lipinski definition) is 3. The van der Waals surface area contributed by atoms with Gasteiger partial charge in [0.15, 0.2) is 17.3 Å². The van der Waals surface area contributed by atoms with Crippen LogP contribution in [0.15, 0.2) is 48.5 Å². The largest absolute Gasteiger partial charge is 0.490 e. The van der Waals surface area contributed by atoms with Crippen molar-refractivity contribution in [2.45, 2.75) is 13.3 Å². The Morgan fingerprint density at radius 3 is 2.33 bits per heavy atom. The lowest BCUT2D eigenvalue weighted by molar-refractivity contribution is 0.0988. The molecule has 110 valence electrons. The molecule has 4 heteroatoms. The standard InChI is InChI=1S/C17H17FO3/c1-2-16(19)13-7-9-14(10-8-13)20-11-12-21-17-6-4-3-5-15(17)18/h3-10H,2,11-12H2,1H3. The molecular formula is C17H17FO3. The Labute approximate surface area is 123 Å². The number of halogens is 1. The zero-order valence-corrected chi connectivity index (χ0v) is 11.8. The highest BCUT2D eigenvalue weighted by molar-refractivity contribution is 5.95. The van der Waals surface area contributed by atoms with Crippen LogP contribution < -0.4 is 9.47 Å². The molecule has 3 nitrogen and oxygen atoms in total. The van der Waals surface area contributed by atoms with Gasteiger partial charge < -0.3 is 9.47 Å². The molecular weight excluding hydrogens is 271 g/mol. The van der Waals surface area contributed by atoms with Gasteiger partial charge >= 0.3 is 0 Å². The summed E-state index contributed by atoms with van der Waals surface area (Å²) in [5.41, 5.74) is 0.674. The topological polar surface area (TPSA) is 35.5 Å². The van der Waals surface area contributed by atoms with E-state index in [4.69, 9.17) is 9.47 Å². The Kier molecular flexibility index (Phi) is 5.32. The first-order valence-electron chi connectivity index (χ1n) is 6.84. The smallest absolute Gasteiger partial charge is 0.165 e. The fraction of sp³-hybridized carbons (Fsp3) is 0.235. The Hall–Kier alpha value is -2.36. The second-order valence-electron chi connectivity index (χ2n) is 4.43. The second kappa shape index (κ2) is 7.43. The van der Waals surface area contributed by atoms with E-state index >= 15 is 0 Å². The van der Waals surface area contributed by atoms with Crippen LogP contribution in [0.5, 0.6) is 11.5 Å². The molecule has 0 unspecified atom stereocenters. The summed E-state index contributed by atoms with van der Waals surface area (Å²) in [6.45, 7) is 2.37. The van der Waals surface area contributed by atoms with Gasteiger partial charge in [-0.05, 0) is 36.4 Å². The molecule has 2 aromatic rings. The molecule has 0 spiro atoms. The highest BCUT2D eigenvalue weighted by Crippen LogP contribution is 2.16. The molecule has 0 saturated heterocycles. The van der Waals surface area contributed by atoms with E-state index < -0.39 is 0 Å². The van der Waals surface area contributed by atoms with Gasteiger partial charge in [0, 0.05) is 12.0 Å². The molecule has 0 atom stereocenters. The number of ether oxygens (including phenoxy) is 2. The van der Waals surface area contributed by atoms with Crippen LogP contribution in [0, 0.1) is 5.82 Å². The predicted octanol–water partition coefficient (Wildman–Crippen LogP) is 3.88. The summed E-state index contributed by atoms with van der Waals surface area (Å²) in [7, 11) is 0. The van der Waals surface area contributed by atoms with Gasteiger partial charge in [-0.25, -0.2) is 4.39 Å². The zero-order valence-electron chi connectivity index (χ0n) is 11.8. The van der Waals surface area contributed by atoms with Crippen LogP contribution in [-0.4, -0.2) is 19.0 Å². The van der Waals surface area contributed by atoms with Crippen LogP contribution in [0.1, 0.15) is 23.7 Å². The van der Waals surface area contributed by atoms with E-state index in [-0.39, 0.29) is 24.0 Å². The van der Waals surface area contributed by atoms with Crippen molar-refractivity contribution in [3.05, 3.63) is 59.9 Å². The Balaban J connectivity index is 1.79. The molecule has 0 N–H and O–H groups in total. The number of Topliss-reactive ketones (excluding diaryl/α,β-unsaturated/α-hetero) is 1. The van der Waals surface area contributed by atoms with E-state index in [9.17, 15) is 9.18 Å². The summed E-state index contributed by atoms with van der Waals surface area (Å²) in [6.07, 6.45) is 0.483. The maximum atomic E-state index is 13.3. The van der Waals surface area contributed by atoms with Gasteiger partial charge in [0.1, 0.15) is 19.0 Å². The van der Waals surface area contributed by atoms with Gasteiger partial charge in [-0.1, -0.05) is 19.1 Å². The first-order chi connectivity index (χ1) is 10.2. The minimum Gasteiger partial charge on any atom is -0.490 e. The van der Waals surface area contributed by atoms with Crippen molar-refractivity contribution in [3.63, 3.8) is 0 Å². The molecule has 0 aliphatic rings. The van der Waals surface area contributed by atoms with Crippen molar-refractivity contribution in [2.75, 3.05) is 13.2 Å². The number of carbonyl (C=O) groups excluding carboxylic acids is 1. The third-order valence-corrected chi connectivity index (χ3v) is 2.94. The molecule has 0 amide bonds. The van der Waals surface area contributed by atoms with Crippen LogP contribution in [0.2, 0.25) is 0 Å². The quantitative estimate of drug-likeness (QED) is 0.573. The molecule has 0 radical (unpaired) electrons. The highest BCUT2D eigenvalue weighted by Gasteiger charge is 2.03. The maximum Gasteiger partial charge on any atom is 0.165 e. The van der Waals surface area contributed by atoms with Gasteiger partial charge in [0.25, 0.3) is 0 Å². The average Bonchev–Trinajstić information content (AvgIpc) is 2.53. The lowest BCUT2D eigenvalue weighted by Crippen LogP contribution is -2.09. The first kappa shape index (κ1) is 15.0. The van der Waals surface area contributed by atoms with Gasteiger partial charge in [-0.3, -0.25) is 4.79 Å². The van der Waals surface area contributed by atoms with E-state index in [1.165, 1.54) is 6.07 Å². The molecule has 0 bridgehead atoms. The fourth-order valence-corrected chi connectivity index (χ4v) is 1.81. The molecule has 0 aliphatic carbocycles. The van der Waals surface area contributed by atoms with Gasteiger partial charge in [-0.15, -0.1) is 0 Å². The average molecular weight is 288 g/mol. The monoisotopic (exact) mass is 288 g/mol. The van der Waals surface area contributed by atoms with Crippen LogP contribution in [0.3, 0.4) is 0 Å². The first-order valence-corrected chi connectivity index (χ1v) is 6.84. The minimum absolute atomic E-state index is 0.101. The molecule has 0 fully saturated rings. The number of rotatable bonds is 7. The van der Waals surface area contributed by atoms with E-state index in [2.05, 4.69) is 0 Å². The van der Waals surface area contributed by atoms with Crippen molar-refractivity contribution in [2.24, 2.45) is 0 Å². The van der Waals surface area contributed by atoms with Gasteiger partial charge in [-0.2, -0.15) is 0 Å². The summed E-state index contributed by atoms with van der Waals surface area (Å²) in [4.78, 5) is 11.5. The number of carbonyl (C=O) groups is 1. The second-order valence-corrected chi connectivity index (χ2v) is 4.43. The van der Waals surface area contributed by atoms with E-state index in [0.717, 1.165) is 0 Å². The molecule has 21 heavy (non-hydrogen) atoms. The lowest BCUT2D eigenvalue weighted by atomic mass is 10.1. The van der Waals surface area contributed by atoms with Crippen molar-refractivity contribution < 1.29 is 18.7 Å². The van der Waals surface area contributed by atoms with Crippen LogP contribution in [0.25, 0.3) is 0 Å². The third-order valence-electron chi connectivity index (χ3n) is 2.94. The number of para-hydroxylation sites is 1. The molecule has 2 aromatic carbocycles. The third kappa shape index (κ3) is 4.31. The molecule has 2 rings (SSSR count). The number of hydrogen-bond donors (Lipinski definition) is 0. The summed E-state index contributed by atoms with van der Waals surface area (Å²) < 4.78 is 24.1. The Bertz CT molecular complexity index is 593. The zero-order chi connectivity index (χ0) is 15.1. The molecule has 0 heterocycles. The summed E-state index contributed by atoms with van der Waals surface area (Å²) in [5, 5.41) is 0. The highest BCUT2D eigenvalue weighted by atomic mass is 19.1. The number of benzene rings is 2. The summed E-state index contributed by atoms with van der Waals surface area (Å²) in [6, 6.07) is 13.2. The minimum atomic E-state index is -0.389. The molecule has 0 aromatic heterocycles. The van der Waals surface area contributed by atoms with Crippen LogP contribution in [-0.2, 0) is 0 Å². The summed E-state index contributed by atoms with van der Waals surface area (Å²) in [5.74, 6) is 0.578. The van der Waals surface area contributed by atoms with Crippen molar-refractivity contribution in [1.82, 2.24) is 0 Å². The molecule has 0 saturated carbocycles. The lowest BCUT2D eigenvalue weighted by Gasteiger charge is -2.09. The van der Waals surface area contributed by atoms with E-state index in [1.54, 1.807) is 42.5 Å². The van der Waals surface area contributed by atoms with E-state index in [1.807, 2.05) is 6.92 Å². The van der Waals surface area contributed by atoms with Crippen LogP contribution in [0.4, 0.5) is 4.39 Å². The van der Waals surface area contributed by atoms with Gasteiger partial charge in [0.05, 0.1) is 0 Å². The van der Waals surface area contributed by atoms with Crippen molar-refractivity contribution >= 4 is 5.78 Å². The maximum absolute atomic E-state index is 13.3. The van der Waals surface area contributed by atoms with Crippen LogP contribution >= 0.6 is 0 Å². The Morgan fingerprint density at radius 2 is 1.67 bits per heavy atom. The Morgan fingerprint density at radius 1 is 1.00 bits per heavy atom. The van der Waals surface area contributed by atoms with Crippen molar-refractivity contribution in [1.29, 1.82) is 0 Å². The SMILES string of the molecule is CCC(=O)c1ccc(OCCOc2ccccc2F)cc1. The van der Waals surface area contributed by atoms with Crippen molar-refractivity contribution in [3.8, 4) is 11.5 Å². The number of ketones is 1. The summed E-state index contributed by atoms with van der Waals surface area (Å²) >= 11 is 0. The van der Waals surface area contributed by atoms with Gasteiger partial charge in [0.2, 0.25) is 0 Å². The fourth-order valence-electron chi connectivity index (χ4n) is 1.81. The normalized spacial score (nSPS) is 10.2. The predicted molar refractivity (Wildman–Crippen MR) is 78.5 cm³/mol. The van der Waals surface area contributed by atoms with E-state index in [0.29, 0.717) is 24.3 Å².